The smallest absolute Gasteiger partial charge is 0.244 e. The highest BCUT2D eigenvalue weighted by atomic mass is 35.5. The topological polar surface area (TPSA) is 84.7 Å². The predicted octanol–water partition coefficient (Wildman–Crippen LogP) is 0.658. The fraction of sp³-hybridized carbons (Fsp3) is 0.538. The Kier molecular flexibility index (Phi) is 5.11. The number of rotatable bonds is 5. The molecule has 0 aliphatic carbocycles. The van der Waals surface area contributed by atoms with Gasteiger partial charge in [0.25, 0.3) is 0 Å². The van der Waals surface area contributed by atoms with Gasteiger partial charge in [-0.25, -0.2) is 13.1 Å². The fourth-order valence-corrected chi connectivity index (χ4v) is 4.26. The maximum atomic E-state index is 12.5. The van der Waals surface area contributed by atoms with E-state index in [-0.39, 0.29) is 22.7 Å². The summed E-state index contributed by atoms with van der Waals surface area (Å²) < 4.78 is 32.9. The summed E-state index contributed by atoms with van der Waals surface area (Å²) in [6.45, 7) is 1.14. The highest BCUT2D eigenvalue weighted by Gasteiger charge is 2.32. The minimum Gasteiger partial charge on any atom is -0.495 e. The Labute approximate surface area is 130 Å². The minimum absolute atomic E-state index is 0.0522. The summed E-state index contributed by atoms with van der Waals surface area (Å²) in [5.41, 5.74) is 5.67. The number of nitrogens with two attached hydrogens (primary N) is 1. The van der Waals surface area contributed by atoms with Crippen molar-refractivity contribution in [1.29, 1.82) is 0 Å². The first-order chi connectivity index (χ1) is 9.87. The van der Waals surface area contributed by atoms with E-state index in [0.29, 0.717) is 24.5 Å². The fourth-order valence-electron chi connectivity index (χ4n) is 2.58. The average Bonchev–Trinajstić information content (AvgIpc) is 2.77. The van der Waals surface area contributed by atoms with Gasteiger partial charge in [0.05, 0.1) is 7.11 Å². The highest BCUT2D eigenvalue weighted by molar-refractivity contribution is 7.89. The minimum atomic E-state index is -3.69. The van der Waals surface area contributed by atoms with Gasteiger partial charge in [-0.3, -0.25) is 0 Å². The summed E-state index contributed by atoms with van der Waals surface area (Å²) >= 11 is 5.89. The molecule has 0 spiro atoms. The van der Waals surface area contributed by atoms with Crippen LogP contribution < -0.4 is 15.2 Å². The Hall–Kier alpha value is -0.860. The number of hydrogen-bond acceptors (Lipinski definition) is 5. The largest absolute Gasteiger partial charge is 0.495 e. The number of methoxy groups -OCH3 is 1. The van der Waals surface area contributed by atoms with Crippen molar-refractivity contribution in [2.24, 2.45) is 5.73 Å². The van der Waals surface area contributed by atoms with Crippen molar-refractivity contribution < 1.29 is 13.2 Å². The normalized spacial score (nSPS) is 23.4. The number of nitrogens with one attached hydrogen (secondary N) is 1. The van der Waals surface area contributed by atoms with E-state index in [4.69, 9.17) is 22.1 Å². The van der Waals surface area contributed by atoms with Crippen LogP contribution in [0.4, 0.5) is 0 Å². The van der Waals surface area contributed by atoms with Gasteiger partial charge in [-0.1, -0.05) is 11.6 Å². The molecule has 0 bridgehead atoms. The molecule has 0 saturated carbocycles. The molecule has 6 nitrogen and oxygen atoms in total. The van der Waals surface area contributed by atoms with Crippen molar-refractivity contribution in [3.05, 3.63) is 23.2 Å². The second-order valence-corrected chi connectivity index (χ2v) is 7.30. The lowest BCUT2D eigenvalue weighted by atomic mass is 10.2. The van der Waals surface area contributed by atoms with Gasteiger partial charge in [-0.2, -0.15) is 0 Å². The molecule has 118 valence electrons. The molecule has 0 unspecified atom stereocenters. The third-order valence-electron chi connectivity index (χ3n) is 3.70. The van der Waals surface area contributed by atoms with E-state index >= 15 is 0 Å². The van der Waals surface area contributed by atoms with Gasteiger partial charge in [0.15, 0.2) is 0 Å². The molecular weight excluding hydrogens is 314 g/mol. The van der Waals surface area contributed by atoms with Crippen LogP contribution in [-0.4, -0.2) is 52.6 Å². The molecule has 1 aliphatic heterocycles. The average molecular weight is 334 g/mol. The second-order valence-electron chi connectivity index (χ2n) is 5.18. The molecule has 1 aliphatic rings. The monoisotopic (exact) mass is 333 g/mol. The van der Waals surface area contributed by atoms with Crippen molar-refractivity contribution in [1.82, 2.24) is 9.62 Å². The van der Waals surface area contributed by atoms with E-state index in [1.807, 2.05) is 7.05 Å². The van der Waals surface area contributed by atoms with Gasteiger partial charge in [-0.05, 0) is 31.7 Å². The third kappa shape index (κ3) is 3.67. The van der Waals surface area contributed by atoms with E-state index in [2.05, 4.69) is 9.62 Å². The number of sulfonamides is 1. The van der Waals surface area contributed by atoms with Crippen molar-refractivity contribution in [3.63, 3.8) is 0 Å². The van der Waals surface area contributed by atoms with Crippen LogP contribution in [0.15, 0.2) is 23.1 Å². The van der Waals surface area contributed by atoms with Crippen LogP contribution >= 0.6 is 11.6 Å². The zero-order valence-corrected chi connectivity index (χ0v) is 13.6. The maximum absolute atomic E-state index is 12.5. The van der Waals surface area contributed by atoms with Gasteiger partial charge in [-0.15, -0.1) is 0 Å². The van der Waals surface area contributed by atoms with Gasteiger partial charge in [0.1, 0.15) is 10.6 Å². The van der Waals surface area contributed by atoms with Crippen LogP contribution in [0.25, 0.3) is 0 Å². The Bertz CT molecular complexity index is 609. The Morgan fingerprint density at radius 3 is 2.81 bits per heavy atom. The van der Waals surface area contributed by atoms with Crippen molar-refractivity contribution >= 4 is 21.6 Å². The summed E-state index contributed by atoms with van der Waals surface area (Å²) in [4.78, 5) is 2.11. The molecule has 0 aromatic heterocycles. The standard InChI is InChI=1S/C13H20ClN3O3S/c1-17-8-10(6-11(17)7-15)16-21(18,19)13-5-9(14)3-4-12(13)20-2/h3-5,10-11,16H,6-8,15H2,1-2H3/t10-,11-/m1/s1. The van der Waals surface area contributed by atoms with Crippen molar-refractivity contribution in [2.75, 3.05) is 27.2 Å². The molecule has 1 saturated heterocycles. The molecule has 2 atom stereocenters. The number of likely N-dealkylation sites (tertiary alicyclic amines) is 1. The molecule has 8 heteroatoms. The molecule has 2 rings (SSSR count). The molecule has 1 aromatic rings. The van der Waals surface area contributed by atoms with Crippen LogP contribution in [-0.2, 0) is 10.0 Å². The van der Waals surface area contributed by atoms with Gasteiger partial charge >= 0.3 is 0 Å². The number of likely N-dealkylation sites (N-methyl/N-ethyl adjacent to an activating group) is 1. The quantitative estimate of drug-likeness (QED) is 0.827. The van der Waals surface area contributed by atoms with E-state index in [1.165, 1.54) is 13.2 Å². The number of ether oxygens (including phenoxy) is 1. The van der Waals surface area contributed by atoms with Crippen molar-refractivity contribution in [2.45, 2.75) is 23.4 Å². The number of nitrogens with zero attached hydrogens (tertiary/aromatic N) is 1. The first-order valence-corrected chi connectivity index (χ1v) is 8.49. The van der Waals surface area contributed by atoms with Gasteiger partial charge < -0.3 is 15.4 Å². The molecule has 21 heavy (non-hydrogen) atoms. The Morgan fingerprint density at radius 1 is 1.52 bits per heavy atom. The summed E-state index contributed by atoms with van der Waals surface area (Å²) in [6.07, 6.45) is 0.690. The van der Waals surface area contributed by atoms with E-state index < -0.39 is 10.0 Å². The third-order valence-corrected chi connectivity index (χ3v) is 5.47. The van der Waals surface area contributed by atoms with E-state index in [0.717, 1.165) is 0 Å². The first kappa shape index (κ1) is 16.5. The Balaban J connectivity index is 2.22. The molecule has 0 radical (unpaired) electrons. The van der Waals surface area contributed by atoms with Crippen LogP contribution in [0.1, 0.15) is 6.42 Å². The zero-order valence-electron chi connectivity index (χ0n) is 12.0. The first-order valence-electron chi connectivity index (χ1n) is 6.63. The number of benzene rings is 1. The SMILES string of the molecule is COc1ccc(Cl)cc1S(=O)(=O)N[C@@H]1C[C@H](CN)N(C)C1. The van der Waals surface area contributed by atoms with Crippen LogP contribution in [0.3, 0.4) is 0 Å². The molecule has 0 amide bonds. The van der Waals surface area contributed by atoms with Gasteiger partial charge in [0, 0.05) is 30.2 Å². The summed E-state index contributed by atoms with van der Waals surface area (Å²) in [7, 11) is -0.328. The van der Waals surface area contributed by atoms with Crippen LogP contribution in [0, 0.1) is 0 Å². The summed E-state index contributed by atoms with van der Waals surface area (Å²) in [5.74, 6) is 0.272. The molecule has 1 aromatic carbocycles. The summed E-state index contributed by atoms with van der Waals surface area (Å²) in [5, 5.41) is 0.347. The molecule has 1 heterocycles. The lowest BCUT2D eigenvalue weighted by Gasteiger charge is -2.16. The zero-order chi connectivity index (χ0) is 15.6. The van der Waals surface area contributed by atoms with E-state index in [9.17, 15) is 8.42 Å². The van der Waals surface area contributed by atoms with Gasteiger partial charge in [0.2, 0.25) is 10.0 Å². The molecule has 3 N–H and O–H groups in total. The molecular formula is C13H20ClN3O3S. The van der Waals surface area contributed by atoms with Crippen LogP contribution in [0.2, 0.25) is 5.02 Å². The molecule has 1 fully saturated rings. The van der Waals surface area contributed by atoms with Crippen LogP contribution in [0.5, 0.6) is 5.75 Å². The lowest BCUT2D eigenvalue weighted by molar-refractivity contribution is 0.315. The summed E-state index contributed by atoms with van der Waals surface area (Å²) in [6, 6.07) is 4.55. The lowest BCUT2D eigenvalue weighted by Crippen LogP contribution is -2.36. The Morgan fingerprint density at radius 2 is 2.24 bits per heavy atom. The van der Waals surface area contributed by atoms with E-state index in [1.54, 1.807) is 12.1 Å². The number of hydrogen-bond donors (Lipinski definition) is 2. The predicted molar refractivity (Wildman–Crippen MR) is 82.2 cm³/mol. The number of halogens is 1. The second kappa shape index (κ2) is 6.50. The van der Waals surface area contributed by atoms with Crippen molar-refractivity contribution in [3.8, 4) is 5.75 Å². The maximum Gasteiger partial charge on any atom is 0.244 e. The highest BCUT2D eigenvalue weighted by Crippen LogP contribution is 2.28.